The number of hydrogen-bond acceptors (Lipinski definition) is 7. The summed E-state index contributed by atoms with van der Waals surface area (Å²) in [4.78, 5) is 23.7. The molecule has 0 saturated heterocycles. The summed E-state index contributed by atoms with van der Waals surface area (Å²) in [5, 5.41) is 14.4. The summed E-state index contributed by atoms with van der Waals surface area (Å²) in [6, 6.07) is 14.6. The maximum absolute atomic E-state index is 11.4. The highest BCUT2D eigenvalue weighted by atomic mass is 16.6. The summed E-state index contributed by atoms with van der Waals surface area (Å²) in [5.41, 5.74) is 1.89. The molecule has 0 radical (unpaired) electrons. The zero-order chi connectivity index (χ0) is 18.8. The van der Waals surface area contributed by atoms with Gasteiger partial charge in [0.2, 0.25) is 11.8 Å². The van der Waals surface area contributed by atoms with Crippen LogP contribution in [0, 0.1) is 10.1 Å². The van der Waals surface area contributed by atoms with Gasteiger partial charge in [0.15, 0.2) is 0 Å². The number of anilines is 2. The second-order valence-electron chi connectivity index (χ2n) is 5.59. The molecule has 0 amide bonds. The zero-order valence-corrected chi connectivity index (χ0v) is 14.2. The molecule has 27 heavy (non-hydrogen) atoms. The first kappa shape index (κ1) is 16.5. The fourth-order valence-electron chi connectivity index (χ4n) is 2.70. The fourth-order valence-corrected chi connectivity index (χ4v) is 2.70. The monoisotopic (exact) mass is 362 g/mol. The van der Waals surface area contributed by atoms with Crippen molar-refractivity contribution in [3.63, 3.8) is 0 Å². The standard InChI is InChI=1S/C18H14N6O3/c1-27-16-9-5-3-7-13(16)21-17-15(24(25)26)10-19-18(22-17)23-11-20-12-6-2-4-8-14(12)23/h2-11H,1H3,(H,19,21,22). The number of nitrogens with one attached hydrogen (secondary N) is 1. The number of imidazole rings is 1. The van der Waals surface area contributed by atoms with Crippen molar-refractivity contribution >= 4 is 28.2 Å². The Hall–Kier alpha value is -4.01. The number of para-hydroxylation sites is 4. The van der Waals surface area contributed by atoms with Gasteiger partial charge in [-0.3, -0.25) is 14.7 Å². The van der Waals surface area contributed by atoms with Crippen molar-refractivity contribution in [1.29, 1.82) is 0 Å². The number of fused-ring (bicyclic) bond motifs is 1. The predicted molar refractivity (Wildman–Crippen MR) is 99.6 cm³/mol. The molecule has 0 atom stereocenters. The molecule has 0 aliphatic carbocycles. The quantitative estimate of drug-likeness (QED) is 0.428. The number of aromatic nitrogens is 4. The van der Waals surface area contributed by atoms with Gasteiger partial charge < -0.3 is 10.1 Å². The smallest absolute Gasteiger partial charge is 0.329 e. The second-order valence-corrected chi connectivity index (χ2v) is 5.59. The fraction of sp³-hybridized carbons (Fsp3) is 0.0556. The van der Waals surface area contributed by atoms with Gasteiger partial charge in [-0.2, -0.15) is 4.98 Å². The average Bonchev–Trinajstić information content (AvgIpc) is 3.12. The number of nitro groups is 1. The van der Waals surface area contributed by atoms with Crippen LogP contribution in [0.15, 0.2) is 61.1 Å². The Kier molecular flexibility index (Phi) is 4.09. The van der Waals surface area contributed by atoms with E-state index >= 15 is 0 Å². The number of ether oxygens (including phenoxy) is 1. The molecular formula is C18H14N6O3. The summed E-state index contributed by atoms with van der Waals surface area (Å²) >= 11 is 0. The third kappa shape index (κ3) is 3.01. The molecule has 0 saturated carbocycles. The minimum Gasteiger partial charge on any atom is -0.495 e. The van der Waals surface area contributed by atoms with Crippen molar-refractivity contribution < 1.29 is 9.66 Å². The molecule has 0 aliphatic rings. The van der Waals surface area contributed by atoms with Crippen LogP contribution in [-0.4, -0.2) is 31.6 Å². The van der Waals surface area contributed by atoms with E-state index in [4.69, 9.17) is 4.74 Å². The lowest BCUT2D eigenvalue weighted by atomic mass is 10.3. The molecule has 134 valence electrons. The molecule has 2 heterocycles. The number of methoxy groups -OCH3 is 1. The van der Waals surface area contributed by atoms with Crippen molar-refractivity contribution in [3.8, 4) is 11.7 Å². The SMILES string of the molecule is COc1ccccc1Nc1nc(-n2cnc3ccccc32)ncc1[N+](=O)[O-]. The number of rotatable bonds is 5. The van der Waals surface area contributed by atoms with Crippen molar-refractivity contribution in [2.75, 3.05) is 12.4 Å². The van der Waals surface area contributed by atoms with Gasteiger partial charge in [0.25, 0.3) is 0 Å². The summed E-state index contributed by atoms with van der Waals surface area (Å²) in [6.45, 7) is 0. The van der Waals surface area contributed by atoms with Crippen LogP contribution in [-0.2, 0) is 0 Å². The Morgan fingerprint density at radius 3 is 2.70 bits per heavy atom. The maximum atomic E-state index is 11.4. The van der Waals surface area contributed by atoms with Gasteiger partial charge in [-0.05, 0) is 24.3 Å². The minimum atomic E-state index is -0.534. The molecule has 2 aromatic heterocycles. The van der Waals surface area contributed by atoms with E-state index in [0.29, 0.717) is 11.4 Å². The topological polar surface area (TPSA) is 108 Å². The van der Waals surface area contributed by atoms with E-state index in [9.17, 15) is 10.1 Å². The van der Waals surface area contributed by atoms with Gasteiger partial charge in [0.1, 0.15) is 18.3 Å². The van der Waals surface area contributed by atoms with E-state index in [1.165, 1.54) is 13.3 Å². The summed E-state index contributed by atoms with van der Waals surface area (Å²) in [5.74, 6) is 0.874. The first-order valence-electron chi connectivity index (χ1n) is 8.01. The highest BCUT2D eigenvalue weighted by molar-refractivity contribution is 5.77. The van der Waals surface area contributed by atoms with Gasteiger partial charge in [-0.1, -0.05) is 24.3 Å². The summed E-state index contributed by atoms with van der Waals surface area (Å²) < 4.78 is 6.96. The average molecular weight is 362 g/mol. The molecule has 0 unspecified atom stereocenters. The van der Waals surface area contributed by atoms with Gasteiger partial charge in [-0.25, -0.2) is 9.97 Å². The molecule has 2 aromatic carbocycles. The van der Waals surface area contributed by atoms with Crippen LogP contribution in [0.25, 0.3) is 17.0 Å². The number of hydrogen-bond donors (Lipinski definition) is 1. The zero-order valence-electron chi connectivity index (χ0n) is 14.2. The van der Waals surface area contributed by atoms with Gasteiger partial charge in [0.05, 0.1) is 28.8 Å². The van der Waals surface area contributed by atoms with E-state index < -0.39 is 4.92 Å². The van der Waals surface area contributed by atoms with Gasteiger partial charge in [0, 0.05) is 0 Å². The number of benzene rings is 2. The number of nitrogens with zero attached hydrogens (tertiary/aromatic N) is 5. The van der Waals surface area contributed by atoms with E-state index in [2.05, 4.69) is 20.3 Å². The lowest BCUT2D eigenvalue weighted by Crippen LogP contribution is -2.06. The Morgan fingerprint density at radius 1 is 1.11 bits per heavy atom. The highest BCUT2D eigenvalue weighted by Gasteiger charge is 2.20. The van der Waals surface area contributed by atoms with Crippen molar-refractivity contribution in [3.05, 3.63) is 71.2 Å². The first-order chi connectivity index (χ1) is 13.2. The van der Waals surface area contributed by atoms with Crippen LogP contribution >= 0.6 is 0 Å². The lowest BCUT2D eigenvalue weighted by molar-refractivity contribution is -0.384. The normalized spacial score (nSPS) is 10.7. The molecule has 9 heteroatoms. The third-order valence-corrected chi connectivity index (χ3v) is 3.98. The molecule has 9 nitrogen and oxygen atoms in total. The minimum absolute atomic E-state index is 0.0623. The van der Waals surface area contributed by atoms with Crippen LogP contribution in [0.1, 0.15) is 0 Å². The van der Waals surface area contributed by atoms with Crippen molar-refractivity contribution in [1.82, 2.24) is 19.5 Å². The summed E-state index contributed by atoms with van der Waals surface area (Å²) in [6.07, 6.45) is 2.76. The Balaban J connectivity index is 1.82. The molecular weight excluding hydrogens is 348 g/mol. The van der Waals surface area contributed by atoms with Crippen molar-refractivity contribution in [2.24, 2.45) is 0 Å². The van der Waals surface area contributed by atoms with Crippen molar-refractivity contribution in [2.45, 2.75) is 0 Å². The summed E-state index contributed by atoms with van der Waals surface area (Å²) in [7, 11) is 1.53. The Labute approximate surface area is 153 Å². The Morgan fingerprint density at radius 2 is 1.89 bits per heavy atom. The molecule has 1 N–H and O–H groups in total. The largest absolute Gasteiger partial charge is 0.495 e. The van der Waals surface area contributed by atoms with Crippen LogP contribution in [0.5, 0.6) is 5.75 Å². The van der Waals surface area contributed by atoms with Crippen LogP contribution in [0.2, 0.25) is 0 Å². The molecule has 4 aromatic rings. The highest BCUT2D eigenvalue weighted by Crippen LogP contribution is 2.31. The molecule has 0 spiro atoms. The predicted octanol–water partition coefficient (Wildman–Crippen LogP) is 3.48. The second kappa shape index (κ2) is 6.71. The van der Waals surface area contributed by atoms with Crippen LogP contribution in [0.3, 0.4) is 0 Å². The van der Waals surface area contributed by atoms with Crippen LogP contribution < -0.4 is 10.1 Å². The molecule has 0 bridgehead atoms. The van der Waals surface area contributed by atoms with Gasteiger partial charge >= 0.3 is 5.69 Å². The van der Waals surface area contributed by atoms with E-state index in [1.54, 1.807) is 29.1 Å². The lowest BCUT2D eigenvalue weighted by Gasteiger charge is -2.11. The van der Waals surface area contributed by atoms with E-state index in [0.717, 1.165) is 11.0 Å². The first-order valence-corrected chi connectivity index (χ1v) is 8.01. The van der Waals surface area contributed by atoms with Crippen LogP contribution in [0.4, 0.5) is 17.2 Å². The van der Waals surface area contributed by atoms with Gasteiger partial charge in [-0.15, -0.1) is 0 Å². The molecule has 0 aliphatic heterocycles. The Bertz CT molecular complexity index is 1140. The molecule has 4 rings (SSSR count). The molecule has 0 fully saturated rings. The third-order valence-electron chi connectivity index (χ3n) is 3.98. The van der Waals surface area contributed by atoms with E-state index in [-0.39, 0.29) is 17.5 Å². The maximum Gasteiger partial charge on any atom is 0.329 e. The van der Waals surface area contributed by atoms with E-state index in [1.807, 2.05) is 30.3 Å².